The summed E-state index contributed by atoms with van der Waals surface area (Å²) in [6.45, 7) is 1.47. The minimum absolute atomic E-state index is 0.0134. The van der Waals surface area contributed by atoms with Crippen LogP contribution in [0.15, 0.2) is 66.9 Å². The molecule has 28 heavy (non-hydrogen) atoms. The highest BCUT2D eigenvalue weighted by molar-refractivity contribution is 6.31. The number of pyridine rings is 2. The molecule has 0 bridgehead atoms. The molecule has 4 nitrogen and oxygen atoms in total. The Hall–Kier alpha value is -2.72. The van der Waals surface area contributed by atoms with Gasteiger partial charge in [-0.2, -0.15) is 0 Å². The van der Waals surface area contributed by atoms with Gasteiger partial charge in [-0.3, -0.25) is 14.8 Å². The lowest BCUT2D eigenvalue weighted by Crippen LogP contribution is -2.38. The summed E-state index contributed by atoms with van der Waals surface area (Å²) in [5.41, 5.74) is 3.73. The number of piperidine rings is 1. The van der Waals surface area contributed by atoms with Crippen molar-refractivity contribution in [3.8, 4) is 0 Å². The summed E-state index contributed by atoms with van der Waals surface area (Å²) in [7, 11) is 0. The van der Waals surface area contributed by atoms with E-state index in [0.29, 0.717) is 11.6 Å². The lowest BCUT2D eigenvalue weighted by Gasteiger charge is -2.31. The Morgan fingerprint density at radius 1 is 1.00 bits per heavy atom. The molecule has 1 saturated heterocycles. The third-order valence-corrected chi connectivity index (χ3v) is 5.61. The molecule has 1 fully saturated rings. The Morgan fingerprint density at radius 2 is 1.79 bits per heavy atom. The molecule has 1 aliphatic heterocycles. The number of hydrogen-bond acceptors (Lipinski definition) is 3. The Kier molecular flexibility index (Phi) is 5.68. The fourth-order valence-electron chi connectivity index (χ4n) is 3.69. The molecule has 0 N–H and O–H groups in total. The average molecular weight is 392 g/mol. The van der Waals surface area contributed by atoms with Crippen LogP contribution in [0.4, 0.5) is 0 Å². The molecule has 5 heteroatoms. The van der Waals surface area contributed by atoms with Gasteiger partial charge < -0.3 is 4.90 Å². The van der Waals surface area contributed by atoms with Crippen LogP contribution >= 0.6 is 11.6 Å². The first kappa shape index (κ1) is 18.6. The number of nitrogens with zero attached hydrogens (tertiary/aromatic N) is 3. The van der Waals surface area contributed by atoms with Gasteiger partial charge in [-0.25, -0.2) is 0 Å². The van der Waals surface area contributed by atoms with Gasteiger partial charge in [0.1, 0.15) is 5.69 Å². The lowest BCUT2D eigenvalue weighted by molar-refractivity contribution is 0.0706. The molecule has 142 valence electrons. The zero-order valence-electron chi connectivity index (χ0n) is 15.6. The molecule has 0 unspecified atom stereocenters. The highest BCUT2D eigenvalue weighted by Crippen LogP contribution is 2.28. The zero-order valence-corrected chi connectivity index (χ0v) is 16.3. The van der Waals surface area contributed by atoms with E-state index in [4.69, 9.17) is 16.6 Å². The van der Waals surface area contributed by atoms with Gasteiger partial charge in [-0.15, -0.1) is 0 Å². The van der Waals surface area contributed by atoms with E-state index < -0.39 is 0 Å². The van der Waals surface area contributed by atoms with E-state index in [-0.39, 0.29) is 5.91 Å². The third-order valence-electron chi connectivity index (χ3n) is 5.24. The van der Waals surface area contributed by atoms with Crippen molar-refractivity contribution in [1.29, 1.82) is 0 Å². The van der Waals surface area contributed by atoms with E-state index in [2.05, 4.69) is 17.1 Å². The van der Waals surface area contributed by atoms with Crippen LogP contribution in [0.2, 0.25) is 5.02 Å². The minimum Gasteiger partial charge on any atom is -0.337 e. The molecule has 3 aromatic rings. The number of rotatable bonds is 4. The maximum Gasteiger partial charge on any atom is 0.272 e. The second-order valence-corrected chi connectivity index (χ2v) is 7.51. The SMILES string of the molecule is O=C(c1ccccn1)N1CCC(c2cccc(Cc3ccccc3Cl)n2)CC1. The highest BCUT2D eigenvalue weighted by Gasteiger charge is 2.25. The first-order valence-corrected chi connectivity index (χ1v) is 9.98. The highest BCUT2D eigenvalue weighted by atomic mass is 35.5. The monoisotopic (exact) mass is 391 g/mol. The summed E-state index contributed by atoms with van der Waals surface area (Å²) >= 11 is 6.29. The van der Waals surface area contributed by atoms with Crippen molar-refractivity contribution >= 4 is 17.5 Å². The zero-order chi connectivity index (χ0) is 19.3. The molecule has 4 rings (SSSR count). The number of carbonyl (C=O) groups excluding carboxylic acids is 1. The van der Waals surface area contributed by atoms with Crippen molar-refractivity contribution in [1.82, 2.24) is 14.9 Å². The third kappa shape index (κ3) is 4.23. The van der Waals surface area contributed by atoms with Crippen molar-refractivity contribution in [2.24, 2.45) is 0 Å². The molecule has 0 spiro atoms. The first-order chi connectivity index (χ1) is 13.7. The number of halogens is 1. The standard InChI is InChI=1S/C23H22ClN3O/c24-20-8-2-1-6-18(20)16-19-7-5-10-21(26-19)17-11-14-27(15-12-17)23(28)22-9-3-4-13-25-22/h1-10,13,17H,11-12,14-16H2. The van der Waals surface area contributed by atoms with Gasteiger partial charge >= 0.3 is 0 Å². The largest absolute Gasteiger partial charge is 0.337 e. The first-order valence-electron chi connectivity index (χ1n) is 9.60. The average Bonchev–Trinajstić information content (AvgIpc) is 2.76. The Bertz CT molecular complexity index is 953. The molecule has 0 saturated carbocycles. The fraction of sp³-hybridized carbons (Fsp3) is 0.261. The topological polar surface area (TPSA) is 46.1 Å². The van der Waals surface area contributed by atoms with Crippen LogP contribution in [0.25, 0.3) is 0 Å². The molecule has 1 amide bonds. The van der Waals surface area contributed by atoms with Crippen molar-refractivity contribution in [2.45, 2.75) is 25.2 Å². The van der Waals surface area contributed by atoms with Gasteiger partial charge in [0.15, 0.2) is 0 Å². The van der Waals surface area contributed by atoms with Gasteiger partial charge in [0.2, 0.25) is 0 Å². The van der Waals surface area contributed by atoms with E-state index in [1.54, 1.807) is 12.3 Å². The van der Waals surface area contributed by atoms with E-state index in [0.717, 1.165) is 54.3 Å². The van der Waals surface area contributed by atoms with Gasteiger partial charge in [0.25, 0.3) is 5.91 Å². The van der Waals surface area contributed by atoms with Crippen molar-refractivity contribution in [3.63, 3.8) is 0 Å². The number of amides is 1. The number of aromatic nitrogens is 2. The van der Waals surface area contributed by atoms with Crippen molar-refractivity contribution in [2.75, 3.05) is 13.1 Å². The second kappa shape index (κ2) is 8.53. The van der Waals surface area contributed by atoms with Crippen LogP contribution in [0.5, 0.6) is 0 Å². The van der Waals surface area contributed by atoms with Gasteiger partial charge in [-0.1, -0.05) is 41.9 Å². The predicted octanol–water partition coefficient (Wildman–Crippen LogP) is 4.74. The summed E-state index contributed by atoms with van der Waals surface area (Å²) in [5.74, 6) is 0.387. The van der Waals surface area contributed by atoms with E-state index in [9.17, 15) is 4.79 Å². The molecule has 1 aliphatic rings. The van der Waals surface area contributed by atoms with E-state index in [1.165, 1.54) is 0 Å². The van der Waals surface area contributed by atoms with Crippen LogP contribution in [0.3, 0.4) is 0 Å². The lowest BCUT2D eigenvalue weighted by atomic mass is 9.92. The number of benzene rings is 1. The number of hydrogen-bond donors (Lipinski definition) is 0. The van der Waals surface area contributed by atoms with Crippen molar-refractivity contribution in [3.05, 3.63) is 94.5 Å². The minimum atomic E-state index is 0.0134. The quantitative estimate of drug-likeness (QED) is 0.645. The van der Waals surface area contributed by atoms with Crippen LogP contribution < -0.4 is 0 Å². The molecule has 2 aromatic heterocycles. The number of carbonyl (C=O) groups is 1. The second-order valence-electron chi connectivity index (χ2n) is 7.10. The van der Waals surface area contributed by atoms with E-state index >= 15 is 0 Å². The van der Waals surface area contributed by atoms with Crippen LogP contribution in [0.1, 0.15) is 46.2 Å². The Labute approximate surface area is 170 Å². The fourth-order valence-corrected chi connectivity index (χ4v) is 3.89. The van der Waals surface area contributed by atoms with Gasteiger partial charge in [-0.05, 0) is 48.7 Å². The molecule has 0 atom stereocenters. The van der Waals surface area contributed by atoms with E-state index in [1.807, 2.05) is 47.4 Å². The molecular formula is C23H22ClN3O. The molecular weight excluding hydrogens is 370 g/mol. The van der Waals surface area contributed by atoms with Crippen LogP contribution in [0, 0.1) is 0 Å². The maximum atomic E-state index is 12.6. The maximum absolute atomic E-state index is 12.6. The van der Waals surface area contributed by atoms with Crippen LogP contribution in [-0.4, -0.2) is 33.9 Å². The summed E-state index contributed by atoms with van der Waals surface area (Å²) in [4.78, 5) is 23.5. The summed E-state index contributed by atoms with van der Waals surface area (Å²) < 4.78 is 0. The predicted molar refractivity (Wildman–Crippen MR) is 111 cm³/mol. The Morgan fingerprint density at radius 3 is 2.54 bits per heavy atom. The molecule has 0 aliphatic carbocycles. The Balaban J connectivity index is 1.41. The number of likely N-dealkylation sites (tertiary alicyclic amines) is 1. The van der Waals surface area contributed by atoms with Gasteiger partial charge in [0.05, 0.1) is 0 Å². The molecule has 3 heterocycles. The van der Waals surface area contributed by atoms with Crippen LogP contribution in [-0.2, 0) is 6.42 Å². The summed E-state index contributed by atoms with van der Waals surface area (Å²) in [6.07, 6.45) is 4.22. The summed E-state index contributed by atoms with van der Waals surface area (Å²) in [5, 5.41) is 0.774. The van der Waals surface area contributed by atoms with Gasteiger partial charge in [0, 0.05) is 48.0 Å². The normalized spacial score (nSPS) is 14.8. The smallest absolute Gasteiger partial charge is 0.272 e. The molecule has 1 aromatic carbocycles. The summed E-state index contributed by atoms with van der Waals surface area (Å²) in [6, 6.07) is 19.5. The van der Waals surface area contributed by atoms with Crippen molar-refractivity contribution < 1.29 is 4.79 Å². The molecule has 0 radical (unpaired) electrons.